The van der Waals surface area contributed by atoms with Crippen molar-refractivity contribution in [1.82, 2.24) is 10.6 Å². The van der Waals surface area contributed by atoms with Crippen LogP contribution in [0.25, 0.3) is 11.1 Å². The number of fused-ring (bicyclic) bond motifs is 3. The van der Waals surface area contributed by atoms with Crippen molar-refractivity contribution >= 4 is 18.0 Å². The van der Waals surface area contributed by atoms with Crippen LogP contribution in [-0.4, -0.2) is 41.3 Å². The number of aliphatic carboxylic acids is 1. The minimum Gasteiger partial charge on any atom is -0.480 e. The maximum Gasteiger partial charge on any atom is 0.407 e. The minimum absolute atomic E-state index is 0.0777. The fraction of sp³-hybridized carbons (Fsp3) is 0.464. The largest absolute Gasteiger partial charge is 0.480 e. The predicted octanol–water partition coefficient (Wildman–Crippen LogP) is 4.84. The van der Waals surface area contributed by atoms with Crippen molar-refractivity contribution in [1.29, 1.82) is 0 Å². The Morgan fingerprint density at radius 3 is 2.09 bits per heavy atom. The lowest BCUT2D eigenvalue weighted by molar-refractivity contribution is -0.150. The molecule has 0 radical (unpaired) electrons. The Hall–Kier alpha value is -3.35. The third kappa shape index (κ3) is 5.04. The highest BCUT2D eigenvalue weighted by molar-refractivity contribution is 5.91. The molecule has 35 heavy (non-hydrogen) atoms. The summed E-state index contributed by atoms with van der Waals surface area (Å²) >= 11 is 0. The lowest BCUT2D eigenvalue weighted by Crippen LogP contribution is -2.60. The monoisotopic (exact) mass is 478 g/mol. The van der Waals surface area contributed by atoms with Gasteiger partial charge in [-0.25, -0.2) is 9.59 Å². The van der Waals surface area contributed by atoms with Crippen LogP contribution in [0.15, 0.2) is 48.5 Å². The summed E-state index contributed by atoms with van der Waals surface area (Å²) in [6.07, 6.45) is 2.96. The topological polar surface area (TPSA) is 105 Å². The maximum atomic E-state index is 13.0. The van der Waals surface area contributed by atoms with Crippen LogP contribution >= 0.6 is 0 Å². The SMILES string of the molecule is CCC1CCC(NC(=O)[C@H](CC)NC(=O)OCC2c3ccccc3-c3ccccc32)(C(=O)O)CC1. The molecule has 7 heteroatoms. The van der Waals surface area contributed by atoms with Gasteiger partial charge in [0.2, 0.25) is 5.91 Å². The molecule has 2 aliphatic carbocycles. The van der Waals surface area contributed by atoms with Crippen molar-refractivity contribution in [2.45, 2.75) is 69.9 Å². The summed E-state index contributed by atoms with van der Waals surface area (Å²) in [5, 5.41) is 15.3. The predicted molar refractivity (Wildman–Crippen MR) is 133 cm³/mol. The third-order valence-electron chi connectivity index (χ3n) is 7.67. The molecule has 0 aliphatic heterocycles. The normalized spacial score (nSPS) is 21.9. The number of carboxylic acids is 1. The molecule has 3 N–H and O–H groups in total. The van der Waals surface area contributed by atoms with Gasteiger partial charge in [-0.05, 0) is 60.3 Å². The lowest BCUT2D eigenvalue weighted by Gasteiger charge is -2.38. The molecule has 0 saturated heterocycles. The molecule has 2 aliphatic rings. The van der Waals surface area contributed by atoms with E-state index in [1.165, 1.54) is 0 Å². The number of hydrogen-bond acceptors (Lipinski definition) is 4. The van der Waals surface area contributed by atoms with Crippen LogP contribution in [0.5, 0.6) is 0 Å². The number of alkyl carbamates (subject to hydrolysis) is 1. The first-order chi connectivity index (χ1) is 16.9. The molecule has 2 aromatic rings. The number of carboxylic acid groups (broad SMARTS) is 1. The molecule has 2 amide bonds. The van der Waals surface area contributed by atoms with Gasteiger partial charge in [0.15, 0.2) is 0 Å². The summed E-state index contributed by atoms with van der Waals surface area (Å²) in [7, 11) is 0. The number of ether oxygens (including phenoxy) is 1. The highest BCUT2D eigenvalue weighted by Crippen LogP contribution is 2.44. The first-order valence-corrected chi connectivity index (χ1v) is 12.6. The van der Waals surface area contributed by atoms with Crippen LogP contribution < -0.4 is 10.6 Å². The number of nitrogens with one attached hydrogen (secondary N) is 2. The number of rotatable bonds is 8. The number of hydrogen-bond donors (Lipinski definition) is 3. The van der Waals surface area contributed by atoms with E-state index in [0.29, 0.717) is 25.2 Å². The van der Waals surface area contributed by atoms with E-state index in [2.05, 4.69) is 29.7 Å². The van der Waals surface area contributed by atoms with Gasteiger partial charge in [-0.15, -0.1) is 0 Å². The van der Waals surface area contributed by atoms with Gasteiger partial charge in [-0.1, -0.05) is 68.8 Å². The second-order valence-corrected chi connectivity index (χ2v) is 9.66. The van der Waals surface area contributed by atoms with Crippen molar-refractivity contribution in [3.63, 3.8) is 0 Å². The van der Waals surface area contributed by atoms with Crippen LogP contribution in [-0.2, 0) is 14.3 Å². The summed E-state index contributed by atoms with van der Waals surface area (Å²) < 4.78 is 5.57. The van der Waals surface area contributed by atoms with Crippen LogP contribution in [0.2, 0.25) is 0 Å². The molecular formula is C28H34N2O5. The third-order valence-corrected chi connectivity index (χ3v) is 7.67. The molecule has 186 valence electrons. The van der Waals surface area contributed by atoms with Crippen molar-refractivity contribution < 1.29 is 24.2 Å². The van der Waals surface area contributed by atoms with E-state index in [4.69, 9.17) is 4.74 Å². The van der Waals surface area contributed by atoms with Crippen LogP contribution in [0, 0.1) is 5.92 Å². The Bertz CT molecular complexity index is 1040. The summed E-state index contributed by atoms with van der Waals surface area (Å²) in [6.45, 7) is 4.02. The minimum atomic E-state index is -1.28. The van der Waals surface area contributed by atoms with Crippen LogP contribution in [0.4, 0.5) is 4.79 Å². The molecule has 0 unspecified atom stereocenters. The van der Waals surface area contributed by atoms with Crippen LogP contribution in [0.3, 0.4) is 0 Å². The Morgan fingerprint density at radius 2 is 1.57 bits per heavy atom. The second kappa shape index (κ2) is 10.5. The number of carbonyl (C=O) groups is 3. The molecule has 1 atom stereocenters. The molecule has 0 aromatic heterocycles. The van der Waals surface area contributed by atoms with Gasteiger partial charge in [0.1, 0.15) is 18.2 Å². The number of benzene rings is 2. The van der Waals surface area contributed by atoms with Gasteiger partial charge >= 0.3 is 12.1 Å². The quantitative estimate of drug-likeness (QED) is 0.503. The second-order valence-electron chi connectivity index (χ2n) is 9.66. The fourth-order valence-corrected chi connectivity index (χ4v) is 5.43. The summed E-state index contributed by atoms with van der Waals surface area (Å²) in [4.78, 5) is 37.7. The van der Waals surface area contributed by atoms with E-state index in [-0.39, 0.29) is 12.5 Å². The molecule has 1 saturated carbocycles. The number of amides is 2. The highest BCUT2D eigenvalue weighted by Gasteiger charge is 2.44. The molecule has 0 spiro atoms. The lowest BCUT2D eigenvalue weighted by atomic mass is 9.75. The zero-order valence-corrected chi connectivity index (χ0v) is 20.4. The first kappa shape index (κ1) is 24.8. The van der Waals surface area contributed by atoms with Crippen molar-refractivity contribution in [3.05, 3.63) is 59.7 Å². The van der Waals surface area contributed by atoms with Crippen molar-refractivity contribution in [2.24, 2.45) is 5.92 Å². The summed E-state index contributed by atoms with van der Waals surface area (Å²) in [5.41, 5.74) is 3.22. The van der Waals surface area contributed by atoms with Gasteiger partial charge in [0.05, 0.1) is 0 Å². The molecule has 1 fully saturated rings. The highest BCUT2D eigenvalue weighted by atomic mass is 16.5. The van der Waals surface area contributed by atoms with E-state index in [1.54, 1.807) is 6.92 Å². The Morgan fingerprint density at radius 1 is 1.00 bits per heavy atom. The van der Waals surface area contributed by atoms with Crippen molar-refractivity contribution in [3.8, 4) is 11.1 Å². The molecule has 2 aromatic carbocycles. The average molecular weight is 479 g/mol. The van der Waals surface area contributed by atoms with Gasteiger partial charge in [0.25, 0.3) is 0 Å². The van der Waals surface area contributed by atoms with Crippen LogP contribution in [0.1, 0.15) is 69.4 Å². The molecule has 0 heterocycles. The number of carbonyl (C=O) groups excluding carboxylic acids is 2. The van der Waals surface area contributed by atoms with Crippen molar-refractivity contribution in [2.75, 3.05) is 6.61 Å². The standard InChI is InChI=1S/C28H34N2O5/c1-3-18-13-15-28(16-14-18,26(32)33)30-25(31)24(4-2)29-27(34)35-17-23-21-11-7-5-9-19(21)20-10-6-8-12-22(20)23/h5-12,18,23-24H,3-4,13-17H2,1-2H3,(H,29,34)(H,30,31)(H,32,33)/t18?,24-,28?/m0/s1. The van der Waals surface area contributed by atoms with Gasteiger partial charge in [0, 0.05) is 5.92 Å². The zero-order valence-electron chi connectivity index (χ0n) is 20.4. The Balaban J connectivity index is 1.38. The van der Waals surface area contributed by atoms with E-state index < -0.39 is 29.6 Å². The first-order valence-electron chi connectivity index (χ1n) is 12.6. The molecule has 4 rings (SSSR count). The maximum absolute atomic E-state index is 13.0. The summed E-state index contributed by atoms with van der Waals surface area (Å²) in [5.74, 6) is -1.10. The van der Waals surface area contributed by atoms with E-state index >= 15 is 0 Å². The van der Waals surface area contributed by atoms with E-state index in [0.717, 1.165) is 41.5 Å². The van der Waals surface area contributed by atoms with E-state index in [1.807, 2.05) is 36.4 Å². The van der Waals surface area contributed by atoms with Gasteiger partial charge in [-0.3, -0.25) is 4.79 Å². The van der Waals surface area contributed by atoms with Gasteiger partial charge < -0.3 is 20.5 Å². The smallest absolute Gasteiger partial charge is 0.407 e. The summed E-state index contributed by atoms with van der Waals surface area (Å²) in [6, 6.07) is 15.3. The Kier molecular flexibility index (Phi) is 7.43. The fourth-order valence-electron chi connectivity index (χ4n) is 5.43. The molecule has 0 bridgehead atoms. The Labute approximate surface area is 206 Å². The zero-order chi connectivity index (χ0) is 25.0. The van der Waals surface area contributed by atoms with E-state index in [9.17, 15) is 19.5 Å². The van der Waals surface area contributed by atoms with Gasteiger partial charge in [-0.2, -0.15) is 0 Å². The average Bonchev–Trinajstić information content (AvgIpc) is 3.20. The molecular weight excluding hydrogens is 444 g/mol. The molecule has 7 nitrogen and oxygen atoms in total.